The van der Waals surface area contributed by atoms with Crippen molar-refractivity contribution in [2.75, 3.05) is 0 Å². The van der Waals surface area contributed by atoms with Crippen molar-refractivity contribution in [2.24, 2.45) is 0 Å². The molecule has 0 bridgehead atoms. The van der Waals surface area contributed by atoms with Crippen LogP contribution in [0.25, 0.3) is 0 Å². The smallest absolute Gasteiger partial charge is 0.123 e. The molecule has 0 aliphatic rings. The van der Waals surface area contributed by atoms with Gasteiger partial charge in [-0.05, 0) is 45.7 Å². The maximum absolute atomic E-state index is 5.78. The lowest BCUT2D eigenvalue weighted by Gasteiger charge is -2.22. The first-order chi connectivity index (χ1) is 6.03. The molecule has 1 aromatic carbocycles. The van der Waals surface area contributed by atoms with Crippen molar-refractivity contribution in [1.82, 2.24) is 0 Å². The zero-order chi connectivity index (χ0) is 9.90. The van der Waals surface area contributed by atoms with Crippen LogP contribution in [-0.4, -0.2) is 5.60 Å². The molecular weight excluding hydrogens is 160 g/mol. The largest absolute Gasteiger partial charge is 0.488 e. The first-order valence-electron chi connectivity index (χ1n) is 4.59. The zero-order valence-electron chi connectivity index (χ0n) is 8.63. The van der Waals surface area contributed by atoms with Gasteiger partial charge in [-0.15, -0.1) is 0 Å². The number of para-hydroxylation sites is 1. The summed E-state index contributed by atoms with van der Waals surface area (Å²) in [6, 6.07) is 8.04. The molecule has 0 saturated carbocycles. The van der Waals surface area contributed by atoms with Crippen molar-refractivity contribution in [3.63, 3.8) is 0 Å². The minimum Gasteiger partial charge on any atom is -0.488 e. The van der Waals surface area contributed by atoms with Gasteiger partial charge in [0.25, 0.3) is 0 Å². The van der Waals surface area contributed by atoms with Crippen LogP contribution in [-0.2, 0) is 6.42 Å². The number of rotatable bonds is 2. The van der Waals surface area contributed by atoms with Crippen molar-refractivity contribution in [1.29, 1.82) is 0 Å². The summed E-state index contributed by atoms with van der Waals surface area (Å²) in [5.74, 6) is 0.949. The van der Waals surface area contributed by atoms with E-state index < -0.39 is 0 Å². The topological polar surface area (TPSA) is 9.23 Å². The molecule has 71 valence electrons. The molecule has 0 fully saturated rings. The van der Waals surface area contributed by atoms with Crippen LogP contribution < -0.4 is 4.74 Å². The molecule has 1 aromatic rings. The SMILES string of the molecule is [CH2]Cc1ccccc1OC(C)(C)C. The van der Waals surface area contributed by atoms with Crippen LogP contribution in [0.15, 0.2) is 24.3 Å². The fraction of sp³-hybridized carbons (Fsp3) is 0.417. The van der Waals surface area contributed by atoms with E-state index in [9.17, 15) is 0 Å². The summed E-state index contributed by atoms with van der Waals surface area (Å²) in [5, 5.41) is 0. The summed E-state index contributed by atoms with van der Waals surface area (Å²) >= 11 is 0. The van der Waals surface area contributed by atoms with Gasteiger partial charge in [-0.2, -0.15) is 0 Å². The average Bonchev–Trinajstić information content (AvgIpc) is 2.02. The van der Waals surface area contributed by atoms with E-state index in [-0.39, 0.29) is 5.60 Å². The summed E-state index contributed by atoms with van der Waals surface area (Å²) in [4.78, 5) is 0. The molecule has 0 unspecified atom stereocenters. The molecule has 0 saturated heterocycles. The molecule has 0 atom stereocenters. The molecule has 0 aliphatic heterocycles. The number of ether oxygens (including phenoxy) is 1. The molecule has 0 spiro atoms. The number of hydrogen-bond donors (Lipinski definition) is 0. The highest BCUT2D eigenvalue weighted by Gasteiger charge is 2.13. The minimum atomic E-state index is -0.134. The second kappa shape index (κ2) is 3.82. The van der Waals surface area contributed by atoms with Gasteiger partial charge in [-0.25, -0.2) is 0 Å². The Labute approximate surface area is 80.7 Å². The summed E-state index contributed by atoms with van der Waals surface area (Å²) in [6.45, 7) is 10.0. The maximum Gasteiger partial charge on any atom is 0.123 e. The van der Waals surface area contributed by atoms with Crippen LogP contribution in [0.3, 0.4) is 0 Å². The number of benzene rings is 1. The first kappa shape index (κ1) is 10.1. The predicted molar refractivity (Wildman–Crippen MR) is 55.9 cm³/mol. The zero-order valence-corrected chi connectivity index (χ0v) is 8.63. The van der Waals surface area contributed by atoms with Gasteiger partial charge in [-0.1, -0.05) is 18.2 Å². The van der Waals surface area contributed by atoms with Crippen LogP contribution in [0, 0.1) is 6.92 Å². The van der Waals surface area contributed by atoms with Crippen molar-refractivity contribution in [3.05, 3.63) is 36.8 Å². The molecule has 0 amide bonds. The van der Waals surface area contributed by atoms with E-state index in [2.05, 4.69) is 6.92 Å². The van der Waals surface area contributed by atoms with E-state index in [4.69, 9.17) is 4.74 Å². The first-order valence-corrected chi connectivity index (χ1v) is 4.59. The summed E-state index contributed by atoms with van der Waals surface area (Å²) in [6.07, 6.45) is 0.770. The lowest BCUT2D eigenvalue weighted by molar-refractivity contribution is 0.129. The summed E-state index contributed by atoms with van der Waals surface area (Å²) in [5.41, 5.74) is 1.03. The van der Waals surface area contributed by atoms with Crippen LogP contribution in [0.4, 0.5) is 0 Å². The normalized spacial score (nSPS) is 11.4. The molecule has 1 radical (unpaired) electrons. The fourth-order valence-corrected chi connectivity index (χ4v) is 1.14. The van der Waals surface area contributed by atoms with E-state index in [0.29, 0.717) is 0 Å². The van der Waals surface area contributed by atoms with Gasteiger partial charge < -0.3 is 4.74 Å². The molecule has 0 N–H and O–H groups in total. The van der Waals surface area contributed by atoms with Crippen LogP contribution in [0.1, 0.15) is 26.3 Å². The third-order valence-corrected chi connectivity index (χ3v) is 1.66. The van der Waals surface area contributed by atoms with Crippen LogP contribution >= 0.6 is 0 Å². The van der Waals surface area contributed by atoms with Crippen molar-refractivity contribution < 1.29 is 4.74 Å². The van der Waals surface area contributed by atoms with Crippen molar-refractivity contribution in [2.45, 2.75) is 32.8 Å². The van der Waals surface area contributed by atoms with E-state index >= 15 is 0 Å². The molecule has 1 nitrogen and oxygen atoms in total. The van der Waals surface area contributed by atoms with Gasteiger partial charge >= 0.3 is 0 Å². The minimum absolute atomic E-state index is 0.134. The van der Waals surface area contributed by atoms with Crippen LogP contribution in [0.2, 0.25) is 0 Å². The molecule has 13 heavy (non-hydrogen) atoms. The van der Waals surface area contributed by atoms with Gasteiger partial charge in [0.05, 0.1) is 0 Å². The Kier molecular flexibility index (Phi) is 2.97. The molecule has 0 heterocycles. The van der Waals surface area contributed by atoms with Gasteiger partial charge in [0.15, 0.2) is 0 Å². The third kappa shape index (κ3) is 3.10. The number of hydrogen-bond acceptors (Lipinski definition) is 1. The van der Waals surface area contributed by atoms with Gasteiger partial charge in [0.1, 0.15) is 11.4 Å². The lowest BCUT2D eigenvalue weighted by atomic mass is 10.1. The molecule has 1 heteroatoms. The van der Waals surface area contributed by atoms with Crippen molar-refractivity contribution in [3.8, 4) is 5.75 Å². The van der Waals surface area contributed by atoms with Gasteiger partial charge in [0.2, 0.25) is 0 Å². The Hall–Kier alpha value is -0.980. The van der Waals surface area contributed by atoms with Gasteiger partial charge in [0, 0.05) is 0 Å². The molecule has 1 rings (SSSR count). The predicted octanol–water partition coefficient (Wildman–Crippen LogP) is 3.24. The Morgan fingerprint density at radius 3 is 2.38 bits per heavy atom. The van der Waals surface area contributed by atoms with Crippen LogP contribution in [0.5, 0.6) is 5.75 Å². The highest BCUT2D eigenvalue weighted by molar-refractivity contribution is 5.34. The Morgan fingerprint density at radius 2 is 1.85 bits per heavy atom. The summed E-state index contributed by atoms with van der Waals surface area (Å²) < 4.78 is 5.78. The fourth-order valence-electron chi connectivity index (χ4n) is 1.14. The second-order valence-electron chi connectivity index (χ2n) is 4.07. The summed E-state index contributed by atoms with van der Waals surface area (Å²) in [7, 11) is 0. The standard InChI is InChI=1S/C12H17O/c1-5-10-8-6-7-9-11(10)13-12(2,3)4/h6-9H,1,5H2,2-4H3. The average molecular weight is 177 g/mol. The quantitative estimate of drug-likeness (QED) is 0.674. The highest BCUT2D eigenvalue weighted by atomic mass is 16.5. The molecular formula is C12H17O. The lowest BCUT2D eigenvalue weighted by Crippen LogP contribution is -2.23. The third-order valence-electron chi connectivity index (χ3n) is 1.66. The molecule has 0 aliphatic carbocycles. The monoisotopic (exact) mass is 177 g/mol. The van der Waals surface area contributed by atoms with E-state index in [1.165, 1.54) is 0 Å². The second-order valence-corrected chi connectivity index (χ2v) is 4.07. The van der Waals surface area contributed by atoms with E-state index in [1.807, 2.05) is 45.0 Å². The maximum atomic E-state index is 5.78. The highest BCUT2D eigenvalue weighted by Crippen LogP contribution is 2.22. The van der Waals surface area contributed by atoms with E-state index in [0.717, 1.165) is 17.7 Å². The van der Waals surface area contributed by atoms with Gasteiger partial charge in [-0.3, -0.25) is 0 Å². The van der Waals surface area contributed by atoms with E-state index in [1.54, 1.807) is 0 Å². The Morgan fingerprint density at radius 1 is 1.23 bits per heavy atom. The Bertz CT molecular complexity index is 271. The molecule has 0 aromatic heterocycles. The van der Waals surface area contributed by atoms with Crippen molar-refractivity contribution >= 4 is 0 Å². The Balaban J connectivity index is 2.87.